The Morgan fingerprint density at radius 1 is 1.18 bits per heavy atom. The smallest absolute Gasteiger partial charge is 0.106 e. The van der Waals surface area contributed by atoms with E-state index in [-0.39, 0.29) is 0 Å². The van der Waals surface area contributed by atoms with Gasteiger partial charge in [-0.1, -0.05) is 44.2 Å². The van der Waals surface area contributed by atoms with Gasteiger partial charge in [0.15, 0.2) is 0 Å². The Morgan fingerprint density at radius 3 is 2.18 bits per heavy atom. The molecule has 11 heavy (non-hydrogen) atoms. The minimum absolute atomic E-state index is 0.409. The largest absolute Gasteiger partial charge is 0.368 e. The Hall–Kier alpha value is -0.820. The van der Waals surface area contributed by atoms with Crippen LogP contribution in [0.25, 0.3) is 0 Å². The van der Waals surface area contributed by atoms with E-state index in [0.717, 1.165) is 6.61 Å². The lowest BCUT2D eigenvalue weighted by Gasteiger charge is -1.89. The molecule has 0 aromatic heterocycles. The summed E-state index contributed by atoms with van der Waals surface area (Å²) in [5.41, 5.74) is 1.30. The number of ether oxygens (including phenoxy) is 1. The summed E-state index contributed by atoms with van der Waals surface area (Å²) in [6.07, 6.45) is 0.409. The molecule has 0 aliphatic carbocycles. The number of hydrogen-bond donors (Lipinski definition) is 0. The summed E-state index contributed by atoms with van der Waals surface area (Å²) in [5.74, 6) is 0. The van der Waals surface area contributed by atoms with E-state index in [1.165, 1.54) is 5.56 Å². The first-order valence-electron chi connectivity index (χ1n) is 4.13. The summed E-state index contributed by atoms with van der Waals surface area (Å²) in [7, 11) is 0. The quantitative estimate of drug-likeness (QED) is 0.561. The molecule has 1 aromatic rings. The van der Waals surface area contributed by atoms with Crippen LogP contribution in [0.4, 0.5) is 0 Å². The van der Waals surface area contributed by atoms with E-state index in [4.69, 9.17) is 4.74 Å². The molecular weight excluding hydrogens is 136 g/mol. The second-order valence-corrected chi connectivity index (χ2v) is 2.23. The molecule has 1 saturated heterocycles. The predicted molar refractivity (Wildman–Crippen MR) is 46.5 cm³/mol. The predicted octanol–water partition coefficient (Wildman–Crippen LogP) is 2.78. The first-order chi connectivity index (χ1) is 5.47. The maximum absolute atomic E-state index is 5.09. The Labute approximate surface area is 68.0 Å². The lowest BCUT2D eigenvalue weighted by Crippen LogP contribution is -1.75. The maximum atomic E-state index is 5.09. The van der Waals surface area contributed by atoms with E-state index in [1.807, 2.05) is 32.0 Å². The van der Waals surface area contributed by atoms with Gasteiger partial charge in [0.25, 0.3) is 0 Å². The van der Waals surface area contributed by atoms with Gasteiger partial charge in [-0.2, -0.15) is 0 Å². The van der Waals surface area contributed by atoms with Crippen LogP contribution < -0.4 is 0 Å². The van der Waals surface area contributed by atoms with E-state index in [1.54, 1.807) is 0 Å². The van der Waals surface area contributed by atoms with Crippen molar-refractivity contribution in [2.45, 2.75) is 20.0 Å². The molecular formula is C10H14O. The standard InChI is InChI=1S/C8H8O.C2H6/c1-2-4-7(5-3-1)8-6-9-8;1-2/h1-5,8H,6H2;1-2H3. The zero-order valence-electron chi connectivity index (χ0n) is 7.08. The Bertz CT molecular complexity index is 189. The van der Waals surface area contributed by atoms with E-state index in [2.05, 4.69) is 12.1 Å². The first kappa shape index (κ1) is 8.28. The molecule has 0 radical (unpaired) electrons. The number of hydrogen-bond acceptors (Lipinski definition) is 1. The Morgan fingerprint density at radius 2 is 1.73 bits per heavy atom. The molecule has 0 saturated carbocycles. The van der Waals surface area contributed by atoms with Crippen LogP contribution in [0.15, 0.2) is 30.3 Å². The summed E-state index contributed by atoms with van der Waals surface area (Å²) >= 11 is 0. The molecule has 0 bridgehead atoms. The summed E-state index contributed by atoms with van der Waals surface area (Å²) < 4.78 is 5.09. The monoisotopic (exact) mass is 150 g/mol. The van der Waals surface area contributed by atoms with Gasteiger partial charge in [-0.15, -0.1) is 0 Å². The highest BCUT2D eigenvalue weighted by molar-refractivity contribution is 5.19. The van der Waals surface area contributed by atoms with Crippen molar-refractivity contribution in [1.29, 1.82) is 0 Å². The van der Waals surface area contributed by atoms with Crippen molar-refractivity contribution in [3.05, 3.63) is 35.9 Å². The Balaban J connectivity index is 0.000000281. The number of rotatable bonds is 1. The van der Waals surface area contributed by atoms with Crippen molar-refractivity contribution in [2.75, 3.05) is 6.61 Å². The van der Waals surface area contributed by atoms with Gasteiger partial charge in [0, 0.05) is 0 Å². The molecule has 1 heterocycles. The van der Waals surface area contributed by atoms with Crippen LogP contribution in [0.3, 0.4) is 0 Å². The molecule has 1 heteroatoms. The molecule has 1 aliphatic rings. The van der Waals surface area contributed by atoms with Gasteiger partial charge in [0.1, 0.15) is 6.10 Å². The fourth-order valence-electron chi connectivity index (χ4n) is 0.908. The van der Waals surface area contributed by atoms with Gasteiger partial charge in [0.05, 0.1) is 6.61 Å². The highest BCUT2D eigenvalue weighted by Gasteiger charge is 2.23. The van der Waals surface area contributed by atoms with Crippen LogP contribution in [-0.4, -0.2) is 6.61 Å². The molecule has 0 spiro atoms. The average molecular weight is 150 g/mol. The highest BCUT2D eigenvalue weighted by atomic mass is 16.6. The van der Waals surface area contributed by atoms with Crippen LogP contribution >= 0.6 is 0 Å². The van der Waals surface area contributed by atoms with Crippen LogP contribution in [0.1, 0.15) is 25.5 Å². The van der Waals surface area contributed by atoms with Gasteiger partial charge in [-0.25, -0.2) is 0 Å². The SMILES string of the molecule is CC.c1ccc(C2CO2)cc1. The summed E-state index contributed by atoms with van der Waals surface area (Å²) in [5, 5.41) is 0. The van der Waals surface area contributed by atoms with E-state index < -0.39 is 0 Å². The van der Waals surface area contributed by atoms with E-state index in [9.17, 15) is 0 Å². The van der Waals surface area contributed by atoms with Crippen molar-refractivity contribution in [3.63, 3.8) is 0 Å². The minimum atomic E-state index is 0.409. The van der Waals surface area contributed by atoms with Crippen LogP contribution in [0.5, 0.6) is 0 Å². The molecule has 1 nitrogen and oxygen atoms in total. The highest BCUT2D eigenvalue weighted by Crippen LogP contribution is 2.28. The lowest BCUT2D eigenvalue weighted by atomic mass is 10.2. The third-order valence-corrected chi connectivity index (χ3v) is 1.50. The lowest BCUT2D eigenvalue weighted by molar-refractivity contribution is 0.415. The van der Waals surface area contributed by atoms with Gasteiger partial charge in [-0.3, -0.25) is 0 Å². The van der Waals surface area contributed by atoms with E-state index >= 15 is 0 Å². The number of benzene rings is 1. The molecule has 1 aromatic carbocycles. The second kappa shape index (κ2) is 4.14. The van der Waals surface area contributed by atoms with Crippen molar-refractivity contribution >= 4 is 0 Å². The van der Waals surface area contributed by atoms with Gasteiger partial charge < -0.3 is 4.74 Å². The molecule has 60 valence electrons. The zero-order chi connectivity index (χ0) is 8.10. The van der Waals surface area contributed by atoms with Crippen molar-refractivity contribution in [2.24, 2.45) is 0 Å². The summed E-state index contributed by atoms with van der Waals surface area (Å²) in [6.45, 7) is 4.91. The third kappa shape index (κ3) is 2.35. The molecule has 1 aliphatic heterocycles. The fraction of sp³-hybridized carbons (Fsp3) is 0.400. The van der Waals surface area contributed by atoms with Crippen LogP contribution in [0, 0.1) is 0 Å². The van der Waals surface area contributed by atoms with Gasteiger partial charge in [0.2, 0.25) is 0 Å². The molecule has 1 atom stereocenters. The molecule has 1 fully saturated rings. The second-order valence-electron chi connectivity index (χ2n) is 2.23. The first-order valence-corrected chi connectivity index (χ1v) is 4.13. The molecule has 2 rings (SSSR count). The van der Waals surface area contributed by atoms with E-state index in [0.29, 0.717) is 6.10 Å². The zero-order valence-corrected chi connectivity index (χ0v) is 7.08. The van der Waals surface area contributed by atoms with Gasteiger partial charge >= 0.3 is 0 Å². The van der Waals surface area contributed by atoms with Gasteiger partial charge in [-0.05, 0) is 5.56 Å². The summed E-state index contributed by atoms with van der Waals surface area (Å²) in [6, 6.07) is 10.3. The normalized spacial score (nSPS) is 20.0. The topological polar surface area (TPSA) is 12.5 Å². The molecule has 0 amide bonds. The Kier molecular flexibility index (Phi) is 3.12. The van der Waals surface area contributed by atoms with Crippen molar-refractivity contribution in [3.8, 4) is 0 Å². The van der Waals surface area contributed by atoms with Crippen LogP contribution in [-0.2, 0) is 4.74 Å². The van der Waals surface area contributed by atoms with Crippen LogP contribution in [0.2, 0.25) is 0 Å². The van der Waals surface area contributed by atoms with Crippen molar-refractivity contribution in [1.82, 2.24) is 0 Å². The average Bonchev–Trinajstić information content (AvgIpc) is 2.92. The fourth-order valence-corrected chi connectivity index (χ4v) is 0.908. The molecule has 1 unspecified atom stereocenters. The molecule has 0 N–H and O–H groups in total. The van der Waals surface area contributed by atoms with Crippen molar-refractivity contribution < 1.29 is 4.74 Å². The number of epoxide rings is 1. The maximum Gasteiger partial charge on any atom is 0.106 e. The minimum Gasteiger partial charge on any atom is -0.368 e. The summed E-state index contributed by atoms with van der Waals surface area (Å²) in [4.78, 5) is 0. The third-order valence-electron chi connectivity index (χ3n) is 1.50.